The molecule has 18 heavy (non-hydrogen) atoms. The Balaban J connectivity index is 2.35. The normalized spacial score (nSPS) is 23.9. The van der Waals surface area contributed by atoms with Gasteiger partial charge in [-0.2, -0.15) is 0 Å². The van der Waals surface area contributed by atoms with Crippen LogP contribution >= 0.6 is 0 Å². The van der Waals surface area contributed by atoms with Gasteiger partial charge in [0.25, 0.3) is 11.8 Å². The quantitative estimate of drug-likeness (QED) is 0.681. The van der Waals surface area contributed by atoms with Gasteiger partial charge in [0, 0.05) is 0 Å². The van der Waals surface area contributed by atoms with E-state index in [0.29, 0.717) is 16.7 Å². The van der Waals surface area contributed by atoms with Crippen molar-refractivity contribution in [2.75, 3.05) is 0 Å². The second-order valence-electron chi connectivity index (χ2n) is 5.87. The lowest BCUT2D eigenvalue weighted by Crippen LogP contribution is -2.21. The summed E-state index contributed by atoms with van der Waals surface area (Å²) >= 11 is 0. The van der Waals surface area contributed by atoms with Crippen molar-refractivity contribution >= 4 is 11.8 Å². The molecule has 0 aromatic heterocycles. The Morgan fingerprint density at radius 3 is 2.56 bits per heavy atom. The largest absolute Gasteiger partial charge is 0.388 e. The van der Waals surface area contributed by atoms with E-state index in [1.54, 1.807) is 0 Å². The SMILES string of the molecule is Cc1cc2c(c3c1C(=O)NC3=O)[C@H](O)C(C)(C)C2. The first-order valence-electron chi connectivity index (χ1n) is 6.03. The third-order valence-corrected chi connectivity index (χ3v) is 3.99. The Bertz CT molecular complexity index is 602. The summed E-state index contributed by atoms with van der Waals surface area (Å²) < 4.78 is 0. The number of carbonyl (C=O) groups is 2. The minimum Gasteiger partial charge on any atom is -0.388 e. The number of hydrogen-bond acceptors (Lipinski definition) is 3. The lowest BCUT2D eigenvalue weighted by Gasteiger charge is -2.22. The highest BCUT2D eigenvalue weighted by molar-refractivity contribution is 6.23. The van der Waals surface area contributed by atoms with Gasteiger partial charge >= 0.3 is 0 Å². The zero-order valence-corrected chi connectivity index (χ0v) is 10.6. The van der Waals surface area contributed by atoms with E-state index in [2.05, 4.69) is 5.32 Å². The van der Waals surface area contributed by atoms with Gasteiger partial charge in [0.15, 0.2) is 0 Å². The number of fused-ring (bicyclic) bond motifs is 3. The molecule has 0 radical (unpaired) electrons. The van der Waals surface area contributed by atoms with E-state index in [9.17, 15) is 14.7 Å². The summed E-state index contributed by atoms with van der Waals surface area (Å²) in [5.41, 5.74) is 2.94. The summed E-state index contributed by atoms with van der Waals surface area (Å²) in [6.07, 6.45) is 0.0255. The van der Waals surface area contributed by atoms with Gasteiger partial charge in [0.2, 0.25) is 0 Å². The maximum absolute atomic E-state index is 11.9. The summed E-state index contributed by atoms with van der Waals surface area (Å²) in [5.74, 6) is -0.737. The summed E-state index contributed by atoms with van der Waals surface area (Å²) in [5, 5.41) is 12.7. The molecule has 0 saturated carbocycles. The summed E-state index contributed by atoms with van der Waals surface area (Å²) in [7, 11) is 0. The molecule has 2 N–H and O–H groups in total. The van der Waals surface area contributed by atoms with Crippen molar-refractivity contribution in [3.8, 4) is 0 Å². The van der Waals surface area contributed by atoms with Crippen LogP contribution in [0.5, 0.6) is 0 Å². The highest BCUT2D eigenvalue weighted by Crippen LogP contribution is 2.48. The Labute approximate surface area is 105 Å². The smallest absolute Gasteiger partial charge is 0.259 e. The van der Waals surface area contributed by atoms with Crippen molar-refractivity contribution in [2.45, 2.75) is 33.3 Å². The summed E-state index contributed by atoms with van der Waals surface area (Å²) in [6, 6.07) is 1.92. The molecule has 1 aliphatic heterocycles. The van der Waals surface area contributed by atoms with Crippen molar-refractivity contribution in [3.05, 3.63) is 33.9 Å². The van der Waals surface area contributed by atoms with E-state index in [1.165, 1.54) is 0 Å². The van der Waals surface area contributed by atoms with Gasteiger partial charge in [-0.1, -0.05) is 19.9 Å². The fourth-order valence-electron chi connectivity index (χ4n) is 3.10. The van der Waals surface area contributed by atoms with Crippen LogP contribution in [0.1, 0.15) is 57.4 Å². The van der Waals surface area contributed by atoms with Crippen molar-refractivity contribution in [1.82, 2.24) is 5.32 Å². The molecule has 1 heterocycles. The molecule has 2 amide bonds. The Morgan fingerprint density at radius 2 is 1.89 bits per heavy atom. The average Bonchev–Trinajstić information content (AvgIpc) is 2.64. The van der Waals surface area contributed by atoms with Gasteiger partial charge in [0.1, 0.15) is 0 Å². The predicted octanol–water partition coefficient (Wildman–Crippen LogP) is 1.49. The second-order valence-corrected chi connectivity index (χ2v) is 5.87. The molecule has 0 fully saturated rings. The lowest BCUT2D eigenvalue weighted by atomic mass is 9.86. The molecule has 4 nitrogen and oxygen atoms in total. The first-order valence-corrected chi connectivity index (χ1v) is 6.03. The third kappa shape index (κ3) is 1.24. The van der Waals surface area contributed by atoms with Gasteiger partial charge in [-0.05, 0) is 35.4 Å². The number of amides is 2. The van der Waals surface area contributed by atoms with Crippen molar-refractivity contribution in [1.29, 1.82) is 0 Å². The van der Waals surface area contributed by atoms with E-state index in [4.69, 9.17) is 0 Å². The molecule has 0 bridgehead atoms. The van der Waals surface area contributed by atoms with Crippen LogP contribution in [0.4, 0.5) is 0 Å². The number of aliphatic hydroxyl groups is 1. The van der Waals surface area contributed by atoms with Gasteiger partial charge < -0.3 is 5.11 Å². The van der Waals surface area contributed by atoms with Crippen LogP contribution in [-0.2, 0) is 6.42 Å². The minimum atomic E-state index is -0.696. The van der Waals surface area contributed by atoms with Crippen LogP contribution in [-0.4, -0.2) is 16.9 Å². The fraction of sp³-hybridized carbons (Fsp3) is 0.429. The molecule has 94 valence electrons. The Hall–Kier alpha value is -1.68. The molecule has 0 unspecified atom stereocenters. The minimum absolute atomic E-state index is 0.296. The Kier molecular flexibility index (Phi) is 2.03. The van der Waals surface area contributed by atoms with Crippen LogP contribution in [0, 0.1) is 12.3 Å². The highest BCUT2D eigenvalue weighted by Gasteiger charge is 2.44. The van der Waals surface area contributed by atoms with E-state index in [1.807, 2.05) is 26.8 Å². The van der Waals surface area contributed by atoms with Crippen LogP contribution in [0.25, 0.3) is 0 Å². The third-order valence-electron chi connectivity index (χ3n) is 3.99. The molecule has 1 aromatic rings. The second kappa shape index (κ2) is 3.20. The van der Waals surface area contributed by atoms with E-state index in [-0.39, 0.29) is 17.2 Å². The monoisotopic (exact) mass is 245 g/mol. The van der Waals surface area contributed by atoms with Crippen LogP contribution in [0.15, 0.2) is 6.07 Å². The van der Waals surface area contributed by atoms with Crippen LogP contribution < -0.4 is 5.32 Å². The molecular formula is C14H15NO3. The van der Waals surface area contributed by atoms with Crippen LogP contribution in [0.3, 0.4) is 0 Å². The zero-order chi connectivity index (χ0) is 13.2. The van der Waals surface area contributed by atoms with Crippen molar-refractivity contribution in [3.63, 3.8) is 0 Å². The molecule has 3 rings (SSSR count). The molecule has 2 aliphatic rings. The zero-order valence-electron chi connectivity index (χ0n) is 10.6. The first-order chi connectivity index (χ1) is 8.33. The number of carbonyl (C=O) groups excluding carboxylic acids is 2. The number of aliphatic hydroxyl groups excluding tert-OH is 1. The van der Waals surface area contributed by atoms with Crippen molar-refractivity contribution < 1.29 is 14.7 Å². The number of imide groups is 1. The molecule has 4 heteroatoms. The molecular weight excluding hydrogens is 230 g/mol. The topological polar surface area (TPSA) is 66.4 Å². The number of nitrogens with one attached hydrogen (secondary N) is 1. The standard InChI is InChI=1S/C14H15NO3/c1-6-4-7-5-14(2,3)11(16)9(7)10-8(6)12(17)15-13(10)18/h4,11,16H,5H2,1-3H3,(H,15,17,18)/t11-/m0/s1. The number of hydrogen-bond donors (Lipinski definition) is 2. The van der Waals surface area contributed by atoms with E-state index in [0.717, 1.165) is 17.5 Å². The summed E-state index contributed by atoms with van der Waals surface area (Å²) in [4.78, 5) is 23.7. The van der Waals surface area contributed by atoms with Crippen LogP contribution in [0.2, 0.25) is 0 Å². The molecule has 1 aliphatic carbocycles. The molecule has 1 aromatic carbocycles. The lowest BCUT2D eigenvalue weighted by molar-refractivity contribution is 0.0653. The first kappa shape index (κ1) is 11.4. The van der Waals surface area contributed by atoms with Gasteiger partial charge in [0.05, 0.1) is 17.2 Å². The summed E-state index contributed by atoms with van der Waals surface area (Å²) in [6.45, 7) is 5.76. The maximum atomic E-state index is 11.9. The van der Waals surface area contributed by atoms with Gasteiger partial charge in [-0.15, -0.1) is 0 Å². The highest BCUT2D eigenvalue weighted by atomic mass is 16.3. The molecule has 0 saturated heterocycles. The van der Waals surface area contributed by atoms with Gasteiger partial charge in [-0.25, -0.2) is 0 Å². The average molecular weight is 245 g/mol. The predicted molar refractivity (Wildman–Crippen MR) is 65.4 cm³/mol. The fourth-order valence-corrected chi connectivity index (χ4v) is 3.10. The van der Waals surface area contributed by atoms with Crippen molar-refractivity contribution in [2.24, 2.45) is 5.41 Å². The molecule has 0 spiro atoms. The number of rotatable bonds is 0. The van der Waals surface area contributed by atoms with E-state index < -0.39 is 6.10 Å². The maximum Gasteiger partial charge on any atom is 0.259 e. The molecule has 1 atom stereocenters. The number of aryl methyl sites for hydroxylation is 1. The van der Waals surface area contributed by atoms with E-state index >= 15 is 0 Å². The Morgan fingerprint density at radius 1 is 1.28 bits per heavy atom. The number of benzene rings is 1. The van der Waals surface area contributed by atoms with Gasteiger partial charge in [-0.3, -0.25) is 14.9 Å².